The van der Waals surface area contributed by atoms with Crippen molar-refractivity contribution in [3.63, 3.8) is 0 Å². The highest BCUT2D eigenvalue weighted by molar-refractivity contribution is 5.95. The summed E-state index contributed by atoms with van der Waals surface area (Å²) in [6.45, 7) is 2.52. The van der Waals surface area contributed by atoms with Crippen LogP contribution in [-0.2, 0) is 11.3 Å². The minimum atomic E-state index is -1.10. The molecule has 25 heavy (non-hydrogen) atoms. The molecule has 0 unspecified atom stereocenters. The first-order valence-electron chi connectivity index (χ1n) is 8.24. The van der Waals surface area contributed by atoms with E-state index in [4.69, 9.17) is 9.84 Å². The van der Waals surface area contributed by atoms with Crippen LogP contribution in [0.25, 0.3) is 0 Å². The number of hydrogen-bond donors (Lipinski definition) is 1. The van der Waals surface area contributed by atoms with Crippen molar-refractivity contribution in [1.29, 1.82) is 0 Å². The first kappa shape index (κ1) is 17.1. The number of pyridine rings is 1. The summed E-state index contributed by atoms with van der Waals surface area (Å²) in [7, 11) is 0. The van der Waals surface area contributed by atoms with E-state index >= 15 is 0 Å². The molecule has 1 aliphatic heterocycles. The molecule has 1 aromatic heterocycles. The topological polar surface area (TPSA) is 79.7 Å². The molecule has 0 saturated carbocycles. The highest BCUT2D eigenvalue weighted by Gasteiger charge is 2.27. The van der Waals surface area contributed by atoms with Crippen molar-refractivity contribution in [3.05, 3.63) is 65.5 Å². The van der Waals surface area contributed by atoms with Crippen LogP contribution >= 0.6 is 0 Å². The molecule has 3 rings (SSSR count). The van der Waals surface area contributed by atoms with E-state index in [1.54, 1.807) is 4.90 Å². The van der Waals surface area contributed by atoms with Crippen LogP contribution in [0, 0.1) is 5.92 Å². The summed E-state index contributed by atoms with van der Waals surface area (Å²) in [5.74, 6) is -0.898. The van der Waals surface area contributed by atoms with E-state index in [0.29, 0.717) is 37.8 Å². The number of hydrogen-bond acceptors (Lipinski definition) is 4. The monoisotopic (exact) mass is 340 g/mol. The zero-order chi connectivity index (χ0) is 17.6. The van der Waals surface area contributed by atoms with E-state index in [0.717, 1.165) is 12.0 Å². The summed E-state index contributed by atoms with van der Waals surface area (Å²) in [6.07, 6.45) is 2.23. The molecule has 1 atom stereocenters. The summed E-state index contributed by atoms with van der Waals surface area (Å²) in [6, 6.07) is 12.9. The molecule has 0 spiro atoms. The quantitative estimate of drug-likeness (QED) is 0.874. The van der Waals surface area contributed by atoms with Gasteiger partial charge in [-0.3, -0.25) is 4.79 Å². The van der Waals surface area contributed by atoms with Gasteiger partial charge in [0.05, 0.1) is 18.8 Å². The van der Waals surface area contributed by atoms with Crippen molar-refractivity contribution in [2.45, 2.75) is 13.0 Å². The van der Waals surface area contributed by atoms with Crippen molar-refractivity contribution in [2.75, 3.05) is 19.7 Å². The Morgan fingerprint density at radius 1 is 1.20 bits per heavy atom. The minimum Gasteiger partial charge on any atom is -0.477 e. The maximum absolute atomic E-state index is 12.5. The molecule has 1 fully saturated rings. The van der Waals surface area contributed by atoms with Crippen molar-refractivity contribution >= 4 is 11.9 Å². The molecule has 1 N–H and O–H groups in total. The molecule has 0 radical (unpaired) electrons. The van der Waals surface area contributed by atoms with Gasteiger partial charge in [-0.25, -0.2) is 9.78 Å². The highest BCUT2D eigenvalue weighted by atomic mass is 16.5. The first-order chi connectivity index (χ1) is 12.1. The zero-order valence-electron chi connectivity index (χ0n) is 13.8. The molecule has 2 aromatic rings. The molecule has 6 nitrogen and oxygen atoms in total. The van der Waals surface area contributed by atoms with Gasteiger partial charge in [0.2, 0.25) is 0 Å². The van der Waals surface area contributed by atoms with Gasteiger partial charge < -0.3 is 14.7 Å². The fourth-order valence-corrected chi connectivity index (χ4v) is 2.90. The van der Waals surface area contributed by atoms with Gasteiger partial charge in [0.15, 0.2) is 0 Å². The molecule has 1 aromatic carbocycles. The maximum atomic E-state index is 12.5. The van der Waals surface area contributed by atoms with E-state index in [2.05, 4.69) is 4.98 Å². The van der Waals surface area contributed by atoms with Crippen LogP contribution in [0.4, 0.5) is 0 Å². The number of carbonyl (C=O) groups is 2. The fourth-order valence-electron chi connectivity index (χ4n) is 2.90. The lowest BCUT2D eigenvalue weighted by molar-refractivity contribution is 0.0686. The number of ether oxygens (including phenoxy) is 1. The van der Waals surface area contributed by atoms with Crippen LogP contribution in [0.5, 0.6) is 0 Å². The van der Waals surface area contributed by atoms with Gasteiger partial charge in [-0.1, -0.05) is 30.3 Å². The average molecular weight is 340 g/mol. The Balaban J connectivity index is 1.48. The van der Waals surface area contributed by atoms with Crippen LogP contribution < -0.4 is 0 Å². The highest BCUT2D eigenvalue weighted by Crippen LogP contribution is 2.19. The molecule has 130 valence electrons. The Morgan fingerprint density at radius 3 is 2.68 bits per heavy atom. The molecule has 1 aliphatic rings. The average Bonchev–Trinajstić information content (AvgIpc) is 3.11. The lowest BCUT2D eigenvalue weighted by Crippen LogP contribution is -2.29. The fraction of sp³-hybridized carbons (Fsp3) is 0.316. The van der Waals surface area contributed by atoms with Gasteiger partial charge in [0, 0.05) is 25.2 Å². The Hall–Kier alpha value is -2.73. The largest absolute Gasteiger partial charge is 0.477 e. The SMILES string of the molecule is O=C(O)c1ccc(C(=O)N2CC[C@@H](COCc3ccccc3)C2)cn1. The van der Waals surface area contributed by atoms with Crippen LogP contribution in [-0.4, -0.2) is 46.6 Å². The van der Waals surface area contributed by atoms with Crippen molar-refractivity contribution in [3.8, 4) is 0 Å². The van der Waals surface area contributed by atoms with Gasteiger partial charge in [0.1, 0.15) is 5.69 Å². The molecule has 1 amide bonds. The number of carboxylic acid groups (broad SMARTS) is 1. The number of aromatic carboxylic acids is 1. The van der Waals surface area contributed by atoms with Gasteiger partial charge >= 0.3 is 5.97 Å². The molecular formula is C19H20N2O4. The smallest absolute Gasteiger partial charge is 0.354 e. The molecule has 2 heterocycles. The normalized spacial score (nSPS) is 16.8. The van der Waals surface area contributed by atoms with E-state index in [-0.39, 0.29) is 11.6 Å². The van der Waals surface area contributed by atoms with Crippen LogP contribution in [0.15, 0.2) is 48.7 Å². The number of aromatic nitrogens is 1. The second kappa shape index (κ2) is 7.90. The number of benzene rings is 1. The second-order valence-electron chi connectivity index (χ2n) is 6.14. The zero-order valence-corrected chi connectivity index (χ0v) is 13.8. The molecule has 0 bridgehead atoms. The molecular weight excluding hydrogens is 320 g/mol. The van der Waals surface area contributed by atoms with E-state index in [1.807, 2.05) is 30.3 Å². The summed E-state index contributed by atoms with van der Waals surface area (Å²) >= 11 is 0. The summed E-state index contributed by atoms with van der Waals surface area (Å²) in [5, 5.41) is 8.85. The third kappa shape index (κ3) is 4.42. The van der Waals surface area contributed by atoms with Crippen molar-refractivity contribution < 1.29 is 19.4 Å². The Kier molecular flexibility index (Phi) is 5.40. The summed E-state index contributed by atoms with van der Waals surface area (Å²) < 4.78 is 5.76. The second-order valence-corrected chi connectivity index (χ2v) is 6.14. The number of likely N-dealkylation sites (tertiary alicyclic amines) is 1. The number of carboxylic acids is 1. The maximum Gasteiger partial charge on any atom is 0.354 e. The lowest BCUT2D eigenvalue weighted by Gasteiger charge is -2.16. The standard InChI is InChI=1S/C19H20N2O4/c22-18(16-6-7-17(19(23)24)20-10-16)21-9-8-15(11-21)13-25-12-14-4-2-1-3-5-14/h1-7,10,15H,8-9,11-13H2,(H,23,24)/t15-/m1/s1. The minimum absolute atomic E-state index is 0.0647. The van der Waals surface area contributed by atoms with Crippen LogP contribution in [0.3, 0.4) is 0 Å². The molecule has 1 saturated heterocycles. The van der Waals surface area contributed by atoms with E-state index in [1.165, 1.54) is 18.3 Å². The molecule has 6 heteroatoms. The molecule has 0 aliphatic carbocycles. The summed E-state index contributed by atoms with van der Waals surface area (Å²) in [4.78, 5) is 28.9. The number of rotatable bonds is 6. The third-order valence-electron chi connectivity index (χ3n) is 4.27. The van der Waals surface area contributed by atoms with Crippen molar-refractivity contribution in [1.82, 2.24) is 9.88 Å². The van der Waals surface area contributed by atoms with Gasteiger partial charge in [-0.05, 0) is 24.1 Å². The van der Waals surface area contributed by atoms with Crippen LogP contribution in [0.1, 0.15) is 32.8 Å². The number of amides is 1. The first-order valence-corrected chi connectivity index (χ1v) is 8.24. The van der Waals surface area contributed by atoms with Gasteiger partial charge in [-0.15, -0.1) is 0 Å². The van der Waals surface area contributed by atoms with E-state index in [9.17, 15) is 9.59 Å². The van der Waals surface area contributed by atoms with Crippen LogP contribution in [0.2, 0.25) is 0 Å². The van der Waals surface area contributed by atoms with Gasteiger partial charge in [0.25, 0.3) is 5.91 Å². The Labute approximate surface area is 146 Å². The van der Waals surface area contributed by atoms with E-state index < -0.39 is 5.97 Å². The van der Waals surface area contributed by atoms with Gasteiger partial charge in [-0.2, -0.15) is 0 Å². The lowest BCUT2D eigenvalue weighted by atomic mass is 10.1. The Morgan fingerprint density at radius 2 is 2.00 bits per heavy atom. The number of nitrogens with zero attached hydrogens (tertiary/aromatic N) is 2. The predicted octanol–water partition coefficient (Wildman–Crippen LogP) is 2.46. The van der Waals surface area contributed by atoms with Crippen molar-refractivity contribution in [2.24, 2.45) is 5.92 Å². The Bertz CT molecular complexity index is 731. The number of carbonyl (C=O) groups excluding carboxylic acids is 1. The third-order valence-corrected chi connectivity index (χ3v) is 4.27. The summed E-state index contributed by atoms with van der Waals surface area (Å²) in [5.41, 5.74) is 1.49. The predicted molar refractivity (Wildman–Crippen MR) is 91.3 cm³/mol.